The predicted molar refractivity (Wildman–Crippen MR) is 130 cm³/mol. The van der Waals surface area contributed by atoms with E-state index in [-0.39, 0.29) is 36.4 Å². The topological polar surface area (TPSA) is 65.5 Å². The Kier molecular flexibility index (Phi) is 11.1. The molecule has 0 bridgehead atoms. The molecule has 0 aliphatic rings. The summed E-state index contributed by atoms with van der Waals surface area (Å²) in [4.78, 5) is 17.5. The van der Waals surface area contributed by atoms with Crippen LogP contribution in [0.25, 0.3) is 0 Å². The van der Waals surface area contributed by atoms with Gasteiger partial charge in [-0.15, -0.1) is 42.2 Å². The molecular weight excluding hydrogens is 483 g/mol. The van der Waals surface area contributed by atoms with Gasteiger partial charge in [0.05, 0.1) is 6.54 Å². The molecule has 28 heavy (non-hydrogen) atoms. The Bertz CT molecular complexity index is 821. The second-order valence-electron chi connectivity index (χ2n) is 5.82. The number of benzene rings is 2. The van der Waals surface area contributed by atoms with Gasteiger partial charge in [0.2, 0.25) is 5.91 Å². The average Bonchev–Trinajstić information content (AvgIpc) is 2.69. The normalized spacial score (nSPS) is 11.5. The first-order valence-corrected chi connectivity index (χ1v) is 9.51. The van der Waals surface area contributed by atoms with E-state index in [1.807, 2.05) is 30.3 Å². The number of carbonyl (C=O) groups excluding carboxylic acids is 1. The highest BCUT2D eigenvalue weighted by atomic mass is 127. The number of hydrogen-bond donors (Lipinski definition) is 3. The monoisotopic (exact) mass is 508 g/mol. The molecule has 2 rings (SSSR count). The first-order valence-electron chi connectivity index (χ1n) is 8.63. The first kappa shape index (κ1) is 23.9. The Morgan fingerprint density at radius 3 is 2.61 bits per heavy atom. The largest absolute Gasteiger partial charge is 0.355 e. The van der Waals surface area contributed by atoms with Gasteiger partial charge < -0.3 is 16.0 Å². The molecule has 7 heteroatoms. The number of aliphatic imine (C=N–C) groups is 1. The fourth-order valence-electron chi connectivity index (χ4n) is 2.29. The van der Waals surface area contributed by atoms with Gasteiger partial charge in [-0.3, -0.25) is 9.79 Å². The molecule has 0 spiro atoms. The molecule has 1 atom stereocenters. The van der Waals surface area contributed by atoms with Crippen LogP contribution in [0.4, 0.5) is 5.69 Å². The van der Waals surface area contributed by atoms with Crippen molar-refractivity contribution in [1.29, 1.82) is 0 Å². The summed E-state index contributed by atoms with van der Waals surface area (Å²) in [7, 11) is 1.68. The highest BCUT2D eigenvalue weighted by Gasteiger charge is 2.08. The molecule has 0 heterocycles. The maximum absolute atomic E-state index is 12.1. The van der Waals surface area contributed by atoms with Crippen molar-refractivity contribution >= 4 is 53.3 Å². The SMILES string of the molecule is C#Cc1cccc(NC(=O)CNC(=NC)NCC(C)Sc2ccccc2)c1.I. The molecular formula is C21H25IN4OS. The van der Waals surface area contributed by atoms with Gasteiger partial charge in [-0.25, -0.2) is 0 Å². The molecule has 0 aliphatic heterocycles. The van der Waals surface area contributed by atoms with Crippen LogP contribution in [0, 0.1) is 12.3 Å². The highest BCUT2D eigenvalue weighted by Crippen LogP contribution is 2.21. The molecule has 1 unspecified atom stereocenters. The van der Waals surface area contributed by atoms with E-state index >= 15 is 0 Å². The molecule has 0 saturated carbocycles. The minimum atomic E-state index is -0.168. The van der Waals surface area contributed by atoms with Gasteiger partial charge in [0, 0.05) is 35.0 Å². The van der Waals surface area contributed by atoms with Crippen LogP contribution >= 0.6 is 35.7 Å². The summed E-state index contributed by atoms with van der Waals surface area (Å²) in [6.45, 7) is 2.98. The average molecular weight is 508 g/mol. The number of nitrogens with zero attached hydrogens (tertiary/aromatic N) is 1. The number of anilines is 1. The van der Waals surface area contributed by atoms with E-state index in [4.69, 9.17) is 6.42 Å². The Morgan fingerprint density at radius 2 is 1.93 bits per heavy atom. The van der Waals surface area contributed by atoms with Crippen molar-refractivity contribution in [2.24, 2.45) is 4.99 Å². The van der Waals surface area contributed by atoms with Crippen LogP contribution in [0.1, 0.15) is 12.5 Å². The van der Waals surface area contributed by atoms with E-state index in [1.54, 1.807) is 30.9 Å². The quantitative estimate of drug-likeness (QED) is 0.176. The molecule has 0 aliphatic carbocycles. The highest BCUT2D eigenvalue weighted by molar-refractivity contribution is 14.0. The van der Waals surface area contributed by atoms with Gasteiger partial charge in [-0.2, -0.15) is 0 Å². The van der Waals surface area contributed by atoms with Gasteiger partial charge in [0.1, 0.15) is 0 Å². The summed E-state index contributed by atoms with van der Waals surface area (Å²) in [6, 6.07) is 17.4. The number of amides is 1. The van der Waals surface area contributed by atoms with Crippen molar-refractivity contribution in [3.63, 3.8) is 0 Å². The molecule has 0 aromatic heterocycles. The zero-order valence-electron chi connectivity index (χ0n) is 15.9. The maximum atomic E-state index is 12.1. The minimum Gasteiger partial charge on any atom is -0.355 e. The lowest BCUT2D eigenvalue weighted by Gasteiger charge is -2.16. The third kappa shape index (κ3) is 8.67. The van der Waals surface area contributed by atoms with E-state index in [0.29, 0.717) is 16.9 Å². The number of rotatable bonds is 7. The number of terminal acetylenes is 1. The van der Waals surface area contributed by atoms with Crippen LogP contribution in [0.2, 0.25) is 0 Å². The zero-order chi connectivity index (χ0) is 19.5. The van der Waals surface area contributed by atoms with E-state index < -0.39 is 0 Å². The smallest absolute Gasteiger partial charge is 0.243 e. The number of carbonyl (C=O) groups is 1. The second kappa shape index (κ2) is 13.1. The van der Waals surface area contributed by atoms with Gasteiger partial charge in [0.15, 0.2) is 5.96 Å². The molecule has 148 valence electrons. The molecule has 0 radical (unpaired) electrons. The fourth-order valence-corrected chi connectivity index (χ4v) is 3.24. The Hall–Kier alpha value is -2.18. The molecule has 3 N–H and O–H groups in total. The number of thioether (sulfide) groups is 1. The molecule has 1 amide bonds. The van der Waals surface area contributed by atoms with Crippen molar-refractivity contribution in [3.8, 4) is 12.3 Å². The third-order valence-corrected chi connectivity index (χ3v) is 4.70. The van der Waals surface area contributed by atoms with Crippen molar-refractivity contribution in [3.05, 3.63) is 60.2 Å². The van der Waals surface area contributed by atoms with E-state index in [9.17, 15) is 4.79 Å². The van der Waals surface area contributed by atoms with Crippen LogP contribution in [-0.4, -0.2) is 37.3 Å². The molecule has 0 fully saturated rings. The molecule has 5 nitrogen and oxygen atoms in total. The fraction of sp³-hybridized carbons (Fsp3) is 0.238. The maximum Gasteiger partial charge on any atom is 0.243 e. The summed E-state index contributed by atoms with van der Waals surface area (Å²) in [5, 5.41) is 9.42. The summed E-state index contributed by atoms with van der Waals surface area (Å²) < 4.78 is 0. The Labute approximate surface area is 188 Å². The van der Waals surface area contributed by atoms with Gasteiger partial charge in [0.25, 0.3) is 0 Å². The molecule has 2 aromatic rings. The lowest BCUT2D eigenvalue weighted by Crippen LogP contribution is -2.43. The van der Waals surface area contributed by atoms with Crippen molar-refractivity contribution in [2.75, 3.05) is 25.5 Å². The lowest BCUT2D eigenvalue weighted by molar-refractivity contribution is -0.115. The standard InChI is InChI=1S/C21H24N4OS.HI/c1-4-17-9-8-10-18(13-17)25-20(26)15-24-21(22-3)23-14-16(2)27-19-11-6-5-7-12-19;/h1,5-13,16H,14-15H2,2-3H3,(H,25,26)(H2,22,23,24);1H. The summed E-state index contributed by atoms with van der Waals surface area (Å²) >= 11 is 1.78. The zero-order valence-corrected chi connectivity index (χ0v) is 19.1. The summed E-state index contributed by atoms with van der Waals surface area (Å²) in [5.41, 5.74) is 1.40. The van der Waals surface area contributed by atoms with Crippen molar-refractivity contribution < 1.29 is 4.79 Å². The Morgan fingerprint density at radius 1 is 1.18 bits per heavy atom. The van der Waals surface area contributed by atoms with Gasteiger partial charge >= 0.3 is 0 Å². The van der Waals surface area contributed by atoms with Crippen molar-refractivity contribution in [1.82, 2.24) is 10.6 Å². The van der Waals surface area contributed by atoms with E-state index in [1.165, 1.54) is 4.90 Å². The first-order chi connectivity index (χ1) is 13.1. The van der Waals surface area contributed by atoms with Gasteiger partial charge in [-0.1, -0.05) is 37.1 Å². The summed E-state index contributed by atoms with van der Waals surface area (Å²) in [6.07, 6.45) is 5.37. The third-order valence-electron chi connectivity index (χ3n) is 3.59. The van der Waals surface area contributed by atoms with Crippen LogP contribution < -0.4 is 16.0 Å². The van der Waals surface area contributed by atoms with Crippen LogP contribution in [0.15, 0.2) is 64.5 Å². The second-order valence-corrected chi connectivity index (χ2v) is 7.33. The Balaban J connectivity index is 0.00000392. The van der Waals surface area contributed by atoms with Crippen LogP contribution in [0.5, 0.6) is 0 Å². The van der Waals surface area contributed by atoms with Gasteiger partial charge in [-0.05, 0) is 30.3 Å². The van der Waals surface area contributed by atoms with E-state index in [2.05, 4.69) is 45.9 Å². The molecule has 2 aromatic carbocycles. The number of nitrogens with one attached hydrogen (secondary N) is 3. The summed E-state index contributed by atoms with van der Waals surface area (Å²) in [5.74, 6) is 2.96. The van der Waals surface area contributed by atoms with Crippen LogP contribution in [-0.2, 0) is 4.79 Å². The minimum absolute atomic E-state index is 0. The predicted octanol–water partition coefficient (Wildman–Crippen LogP) is 3.57. The van der Waals surface area contributed by atoms with E-state index in [0.717, 1.165) is 12.1 Å². The van der Waals surface area contributed by atoms with Crippen molar-refractivity contribution in [2.45, 2.75) is 17.1 Å². The number of hydrogen-bond acceptors (Lipinski definition) is 3. The number of halogens is 1. The number of guanidine groups is 1. The van der Waals surface area contributed by atoms with Crippen LogP contribution in [0.3, 0.4) is 0 Å². The molecule has 0 saturated heterocycles. The lowest BCUT2D eigenvalue weighted by atomic mass is 10.2.